The first-order valence-corrected chi connectivity index (χ1v) is 10.2. The van der Waals surface area contributed by atoms with E-state index in [0.717, 1.165) is 16.7 Å². The summed E-state index contributed by atoms with van der Waals surface area (Å²) in [5.74, 6) is 0.285. The quantitative estimate of drug-likeness (QED) is 0.671. The molecule has 0 saturated carbocycles. The Hall–Kier alpha value is -3.26. The molecule has 1 unspecified atom stereocenters. The zero-order valence-electron chi connectivity index (χ0n) is 17.0. The molecule has 1 aliphatic rings. The van der Waals surface area contributed by atoms with Crippen molar-refractivity contribution in [2.45, 2.75) is 25.9 Å². The number of aryl methyl sites for hydroxylation is 1. The molecular weight excluding hydrogens is 382 g/mol. The van der Waals surface area contributed by atoms with Crippen molar-refractivity contribution in [1.29, 1.82) is 0 Å². The Morgan fingerprint density at radius 1 is 1.17 bits per heavy atom. The molecule has 1 amide bonds. The van der Waals surface area contributed by atoms with Gasteiger partial charge in [-0.2, -0.15) is 0 Å². The number of ether oxygens (including phenoxy) is 1. The zero-order valence-corrected chi connectivity index (χ0v) is 17.0. The molecule has 1 fully saturated rings. The first-order chi connectivity index (χ1) is 14.6. The minimum absolute atomic E-state index is 0.131. The third kappa shape index (κ3) is 4.33. The highest BCUT2D eigenvalue weighted by atomic mass is 16.5. The van der Waals surface area contributed by atoms with E-state index in [2.05, 4.69) is 15.3 Å². The Kier molecular flexibility index (Phi) is 6.04. The molecule has 1 atom stereocenters. The molecular formula is C22H25N5O3. The molecule has 2 aromatic heterocycles. The van der Waals surface area contributed by atoms with E-state index in [1.54, 1.807) is 10.8 Å². The van der Waals surface area contributed by atoms with E-state index in [9.17, 15) is 9.59 Å². The first kappa shape index (κ1) is 20.0. The van der Waals surface area contributed by atoms with Crippen LogP contribution in [0.3, 0.4) is 0 Å². The molecule has 1 N–H and O–H groups in total. The molecule has 0 radical (unpaired) electrons. The number of carbonyl (C=O) groups is 1. The van der Waals surface area contributed by atoms with E-state index >= 15 is 0 Å². The summed E-state index contributed by atoms with van der Waals surface area (Å²) >= 11 is 0. The van der Waals surface area contributed by atoms with Crippen molar-refractivity contribution in [1.82, 2.24) is 19.9 Å². The van der Waals surface area contributed by atoms with E-state index in [1.165, 1.54) is 0 Å². The lowest BCUT2D eigenvalue weighted by molar-refractivity contribution is -0.122. The highest BCUT2D eigenvalue weighted by Crippen LogP contribution is 2.16. The summed E-state index contributed by atoms with van der Waals surface area (Å²) < 4.78 is 7.05. The van der Waals surface area contributed by atoms with Gasteiger partial charge in [0.25, 0.3) is 5.56 Å². The minimum Gasteiger partial charge on any atom is -0.378 e. The number of morpholine rings is 1. The van der Waals surface area contributed by atoms with Crippen LogP contribution in [-0.2, 0) is 16.1 Å². The van der Waals surface area contributed by atoms with Gasteiger partial charge in [0.2, 0.25) is 5.91 Å². The van der Waals surface area contributed by atoms with Gasteiger partial charge in [-0.25, -0.2) is 4.98 Å². The van der Waals surface area contributed by atoms with Crippen molar-refractivity contribution in [2.75, 3.05) is 31.2 Å². The average Bonchev–Trinajstić information content (AvgIpc) is 2.79. The van der Waals surface area contributed by atoms with Crippen molar-refractivity contribution in [3.8, 4) is 0 Å². The van der Waals surface area contributed by atoms with E-state index < -0.39 is 0 Å². The van der Waals surface area contributed by atoms with Crippen LogP contribution in [0.15, 0.2) is 53.5 Å². The lowest BCUT2D eigenvalue weighted by Gasteiger charge is -2.28. The maximum Gasteiger partial charge on any atom is 0.294 e. The fraction of sp³-hybridized carbons (Fsp3) is 0.364. The number of hydrogen-bond donors (Lipinski definition) is 1. The van der Waals surface area contributed by atoms with Gasteiger partial charge in [0.1, 0.15) is 0 Å². The summed E-state index contributed by atoms with van der Waals surface area (Å²) in [5.41, 5.74) is 2.08. The number of hydrogen-bond acceptors (Lipinski definition) is 6. The SMILES string of the molecule is CC(NC(=O)CCn1c(=O)c(N2CCOCC2)nc2ccccc21)c1ccccn1. The molecule has 1 saturated heterocycles. The Labute approximate surface area is 174 Å². The molecule has 0 spiro atoms. The molecule has 30 heavy (non-hydrogen) atoms. The maximum absolute atomic E-state index is 13.2. The molecule has 0 aliphatic carbocycles. The number of benzene rings is 1. The fourth-order valence-corrected chi connectivity index (χ4v) is 3.62. The van der Waals surface area contributed by atoms with Gasteiger partial charge in [-0.3, -0.25) is 14.6 Å². The summed E-state index contributed by atoms with van der Waals surface area (Å²) in [6.45, 7) is 4.57. The van der Waals surface area contributed by atoms with Gasteiger partial charge in [-0.1, -0.05) is 18.2 Å². The standard InChI is InChI=1S/C22H25N5O3/c1-16(17-6-4-5-10-23-17)24-20(28)9-11-27-19-8-3-2-7-18(19)25-21(22(27)29)26-12-14-30-15-13-26/h2-8,10,16H,9,11-15H2,1H3,(H,24,28). The van der Waals surface area contributed by atoms with Gasteiger partial charge in [-0.15, -0.1) is 0 Å². The van der Waals surface area contributed by atoms with Crippen LogP contribution in [0.5, 0.6) is 0 Å². The second kappa shape index (κ2) is 9.04. The van der Waals surface area contributed by atoms with Gasteiger partial charge in [-0.05, 0) is 31.2 Å². The van der Waals surface area contributed by atoms with Crippen molar-refractivity contribution in [3.63, 3.8) is 0 Å². The Bertz CT molecular complexity index is 1080. The minimum atomic E-state index is -0.200. The van der Waals surface area contributed by atoms with Gasteiger partial charge >= 0.3 is 0 Å². The third-order valence-corrected chi connectivity index (χ3v) is 5.22. The van der Waals surface area contributed by atoms with Crippen molar-refractivity contribution >= 4 is 22.8 Å². The van der Waals surface area contributed by atoms with Crippen LogP contribution < -0.4 is 15.8 Å². The predicted molar refractivity (Wildman–Crippen MR) is 114 cm³/mol. The van der Waals surface area contributed by atoms with Crippen LogP contribution >= 0.6 is 0 Å². The number of rotatable bonds is 6. The number of nitrogens with zero attached hydrogens (tertiary/aromatic N) is 4. The predicted octanol–water partition coefficient (Wildman–Crippen LogP) is 1.90. The Balaban J connectivity index is 1.55. The number of amides is 1. The lowest BCUT2D eigenvalue weighted by atomic mass is 10.2. The van der Waals surface area contributed by atoms with Crippen LogP contribution in [0.1, 0.15) is 25.1 Å². The normalized spacial score (nSPS) is 15.2. The van der Waals surface area contributed by atoms with E-state index in [1.807, 2.05) is 54.3 Å². The van der Waals surface area contributed by atoms with Gasteiger partial charge < -0.3 is 19.5 Å². The van der Waals surface area contributed by atoms with Gasteiger partial charge in [0.05, 0.1) is 36.0 Å². The van der Waals surface area contributed by atoms with E-state index in [-0.39, 0.29) is 30.5 Å². The van der Waals surface area contributed by atoms with Crippen LogP contribution in [0.25, 0.3) is 11.0 Å². The molecule has 8 nitrogen and oxygen atoms in total. The number of anilines is 1. The molecule has 1 aromatic carbocycles. The zero-order chi connectivity index (χ0) is 20.9. The highest BCUT2D eigenvalue weighted by molar-refractivity contribution is 5.78. The first-order valence-electron chi connectivity index (χ1n) is 10.2. The van der Waals surface area contributed by atoms with Crippen LogP contribution in [0.4, 0.5) is 5.82 Å². The second-order valence-corrected chi connectivity index (χ2v) is 7.27. The molecule has 8 heteroatoms. The summed E-state index contributed by atoms with van der Waals surface area (Å²) in [6, 6.07) is 12.9. The largest absolute Gasteiger partial charge is 0.378 e. The molecule has 1 aliphatic heterocycles. The van der Waals surface area contributed by atoms with Crippen LogP contribution in [-0.4, -0.2) is 46.7 Å². The number of carbonyl (C=O) groups excluding carboxylic acids is 1. The molecule has 3 aromatic rings. The highest BCUT2D eigenvalue weighted by Gasteiger charge is 2.20. The Morgan fingerprint density at radius 2 is 1.93 bits per heavy atom. The van der Waals surface area contributed by atoms with Crippen LogP contribution in [0.2, 0.25) is 0 Å². The summed E-state index contributed by atoms with van der Waals surface area (Å²) in [7, 11) is 0. The topological polar surface area (TPSA) is 89.4 Å². The van der Waals surface area contributed by atoms with Crippen molar-refractivity contribution in [3.05, 3.63) is 64.7 Å². The second-order valence-electron chi connectivity index (χ2n) is 7.27. The third-order valence-electron chi connectivity index (χ3n) is 5.22. The maximum atomic E-state index is 13.2. The van der Waals surface area contributed by atoms with E-state index in [0.29, 0.717) is 32.1 Å². The van der Waals surface area contributed by atoms with Crippen molar-refractivity contribution in [2.24, 2.45) is 0 Å². The molecule has 4 rings (SSSR count). The smallest absolute Gasteiger partial charge is 0.294 e. The van der Waals surface area contributed by atoms with Gasteiger partial charge in [0, 0.05) is 32.3 Å². The summed E-state index contributed by atoms with van der Waals surface area (Å²) in [4.78, 5) is 36.6. The lowest BCUT2D eigenvalue weighted by Crippen LogP contribution is -2.41. The number of pyridine rings is 1. The summed E-state index contributed by atoms with van der Waals surface area (Å²) in [6.07, 6.45) is 1.89. The fourth-order valence-electron chi connectivity index (χ4n) is 3.62. The summed E-state index contributed by atoms with van der Waals surface area (Å²) in [5, 5.41) is 2.95. The number of aromatic nitrogens is 3. The Morgan fingerprint density at radius 3 is 2.70 bits per heavy atom. The average molecular weight is 407 g/mol. The van der Waals surface area contributed by atoms with Gasteiger partial charge in [0.15, 0.2) is 5.82 Å². The monoisotopic (exact) mass is 407 g/mol. The number of fused-ring (bicyclic) bond motifs is 1. The van der Waals surface area contributed by atoms with Crippen molar-refractivity contribution < 1.29 is 9.53 Å². The molecule has 0 bridgehead atoms. The number of nitrogens with one attached hydrogen (secondary N) is 1. The molecule has 3 heterocycles. The van der Waals surface area contributed by atoms with E-state index in [4.69, 9.17) is 4.74 Å². The van der Waals surface area contributed by atoms with Crippen LogP contribution in [0, 0.1) is 0 Å². The number of para-hydroxylation sites is 2. The molecule has 156 valence electrons.